The van der Waals surface area contributed by atoms with Gasteiger partial charge < -0.3 is 24.1 Å². The smallest absolute Gasteiger partial charge is 0.355 e. The van der Waals surface area contributed by atoms with Crippen molar-refractivity contribution in [3.8, 4) is 5.75 Å². The van der Waals surface area contributed by atoms with Gasteiger partial charge in [0, 0.05) is 19.3 Å². The second-order valence-corrected chi connectivity index (χ2v) is 6.75. The second-order valence-electron chi connectivity index (χ2n) is 6.75. The van der Waals surface area contributed by atoms with E-state index in [0.717, 1.165) is 11.3 Å². The zero-order chi connectivity index (χ0) is 22.3. The molecule has 0 saturated heterocycles. The summed E-state index contributed by atoms with van der Waals surface area (Å²) in [5.74, 6) is -0.778. The van der Waals surface area contributed by atoms with Crippen molar-refractivity contribution in [2.45, 2.75) is 34.2 Å². The number of nitrogens with zero attached hydrogens (tertiary/aromatic N) is 1. The Balaban J connectivity index is 1.95. The fourth-order valence-corrected chi connectivity index (χ4v) is 2.99. The summed E-state index contributed by atoms with van der Waals surface area (Å²) in [7, 11) is 1.64. The summed E-state index contributed by atoms with van der Waals surface area (Å²) < 4.78 is 15.6. The molecule has 0 aliphatic heterocycles. The van der Waals surface area contributed by atoms with Crippen LogP contribution in [0.5, 0.6) is 5.75 Å². The monoisotopic (exact) mass is 416 g/mol. The Labute approximate surface area is 176 Å². The molecule has 8 nitrogen and oxygen atoms in total. The van der Waals surface area contributed by atoms with Crippen LogP contribution >= 0.6 is 0 Å². The molecule has 0 aliphatic rings. The van der Waals surface area contributed by atoms with Gasteiger partial charge >= 0.3 is 11.9 Å². The highest BCUT2D eigenvalue weighted by Crippen LogP contribution is 2.20. The van der Waals surface area contributed by atoms with Gasteiger partial charge in [0.25, 0.3) is 5.91 Å². The standard InChI is InChI=1S/C22H28N2O6/c1-6-28-17-10-8-16(9-11-17)12-24(5)18(25)13-30-21(26)19-14(3)20(23-15(19)4)22(27)29-7-2/h8-11,23H,6-7,12-13H2,1-5H3. The summed E-state index contributed by atoms with van der Waals surface area (Å²) in [5.41, 5.74) is 2.29. The van der Waals surface area contributed by atoms with Gasteiger partial charge in [-0.2, -0.15) is 0 Å². The third-order valence-corrected chi connectivity index (χ3v) is 4.53. The zero-order valence-electron chi connectivity index (χ0n) is 18.0. The van der Waals surface area contributed by atoms with Crippen LogP contribution in [0.3, 0.4) is 0 Å². The number of carbonyl (C=O) groups excluding carboxylic acids is 3. The van der Waals surface area contributed by atoms with Crippen molar-refractivity contribution in [2.75, 3.05) is 26.9 Å². The number of rotatable bonds is 9. The Morgan fingerprint density at radius 2 is 1.63 bits per heavy atom. The lowest BCUT2D eigenvalue weighted by Crippen LogP contribution is -2.31. The lowest BCUT2D eigenvalue weighted by atomic mass is 10.1. The number of aryl methyl sites for hydroxylation is 1. The predicted octanol–water partition coefficient (Wildman–Crippen LogP) is 3.02. The molecule has 1 aromatic carbocycles. The molecule has 0 aliphatic carbocycles. The molecule has 1 N–H and O–H groups in total. The number of nitrogens with one attached hydrogen (secondary N) is 1. The number of aromatic amines is 1. The highest BCUT2D eigenvalue weighted by Gasteiger charge is 2.24. The molecule has 2 rings (SSSR count). The highest BCUT2D eigenvalue weighted by molar-refractivity contribution is 5.99. The van der Waals surface area contributed by atoms with Gasteiger partial charge in [0.2, 0.25) is 0 Å². The largest absolute Gasteiger partial charge is 0.494 e. The zero-order valence-corrected chi connectivity index (χ0v) is 18.0. The fourth-order valence-electron chi connectivity index (χ4n) is 2.99. The molecule has 0 spiro atoms. The number of aromatic nitrogens is 1. The maximum absolute atomic E-state index is 12.5. The van der Waals surface area contributed by atoms with Crippen LogP contribution in [0, 0.1) is 13.8 Å². The lowest BCUT2D eigenvalue weighted by molar-refractivity contribution is -0.133. The first-order valence-electron chi connectivity index (χ1n) is 9.77. The van der Waals surface area contributed by atoms with Crippen molar-refractivity contribution in [3.05, 3.63) is 52.3 Å². The molecule has 0 radical (unpaired) electrons. The van der Waals surface area contributed by atoms with E-state index >= 15 is 0 Å². The molecule has 8 heteroatoms. The van der Waals surface area contributed by atoms with E-state index in [1.807, 2.05) is 31.2 Å². The molecule has 162 valence electrons. The Kier molecular flexibility index (Phi) is 8.03. The number of hydrogen-bond acceptors (Lipinski definition) is 6. The summed E-state index contributed by atoms with van der Waals surface area (Å²) >= 11 is 0. The Morgan fingerprint density at radius 1 is 0.967 bits per heavy atom. The lowest BCUT2D eigenvalue weighted by Gasteiger charge is -2.17. The van der Waals surface area contributed by atoms with Crippen molar-refractivity contribution < 1.29 is 28.6 Å². The maximum atomic E-state index is 12.5. The van der Waals surface area contributed by atoms with Crippen LogP contribution in [0.4, 0.5) is 0 Å². The third-order valence-electron chi connectivity index (χ3n) is 4.53. The van der Waals surface area contributed by atoms with Crippen LogP contribution in [0.15, 0.2) is 24.3 Å². The Bertz CT molecular complexity index is 901. The SMILES string of the molecule is CCOC(=O)c1[nH]c(C)c(C(=O)OCC(=O)N(C)Cc2ccc(OCC)cc2)c1C. The molecular weight excluding hydrogens is 388 g/mol. The molecule has 1 amide bonds. The number of hydrogen-bond donors (Lipinski definition) is 1. The molecule has 0 unspecified atom stereocenters. The van der Waals surface area contributed by atoms with Crippen LogP contribution in [0.2, 0.25) is 0 Å². The number of carbonyl (C=O) groups is 3. The average molecular weight is 416 g/mol. The van der Waals surface area contributed by atoms with E-state index in [1.54, 1.807) is 27.8 Å². The molecule has 0 saturated carbocycles. The molecular formula is C22H28N2O6. The van der Waals surface area contributed by atoms with Gasteiger partial charge in [-0.3, -0.25) is 4.79 Å². The van der Waals surface area contributed by atoms with Crippen LogP contribution in [-0.2, 0) is 20.8 Å². The third kappa shape index (κ3) is 5.62. The van der Waals surface area contributed by atoms with Gasteiger partial charge in [0.1, 0.15) is 11.4 Å². The van der Waals surface area contributed by atoms with Crippen LogP contribution < -0.4 is 4.74 Å². The number of amides is 1. The van der Waals surface area contributed by atoms with Crippen molar-refractivity contribution in [1.82, 2.24) is 9.88 Å². The maximum Gasteiger partial charge on any atom is 0.355 e. The fraction of sp³-hybridized carbons (Fsp3) is 0.409. The quantitative estimate of drug-likeness (QED) is 0.631. The van der Waals surface area contributed by atoms with E-state index in [-0.39, 0.29) is 23.8 Å². The van der Waals surface area contributed by atoms with E-state index in [9.17, 15) is 14.4 Å². The number of esters is 2. The first-order valence-corrected chi connectivity index (χ1v) is 9.77. The molecule has 0 atom stereocenters. The summed E-state index contributed by atoms with van der Waals surface area (Å²) in [4.78, 5) is 41.1. The molecule has 1 aromatic heterocycles. The van der Waals surface area contributed by atoms with Gasteiger partial charge in [0.05, 0.1) is 18.8 Å². The van der Waals surface area contributed by atoms with Crippen molar-refractivity contribution in [1.29, 1.82) is 0 Å². The number of ether oxygens (including phenoxy) is 3. The minimum Gasteiger partial charge on any atom is -0.494 e. The predicted molar refractivity (Wildman–Crippen MR) is 111 cm³/mol. The first-order chi connectivity index (χ1) is 14.3. The first kappa shape index (κ1) is 23.0. The van der Waals surface area contributed by atoms with Gasteiger partial charge in [-0.15, -0.1) is 0 Å². The van der Waals surface area contributed by atoms with Crippen molar-refractivity contribution in [3.63, 3.8) is 0 Å². The topological polar surface area (TPSA) is 97.9 Å². The molecule has 2 aromatic rings. The molecule has 0 fully saturated rings. The number of likely N-dealkylation sites (N-methyl/N-ethyl adjacent to an activating group) is 1. The summed E-state index contributed by atoms with van der Waals surface area (Å²) in [6.07, 6.45) is 0. The normalized spacial score (nSPS) is 10.4. The van der Waals surface area contributed by atoms with Crippen molar-refractivity contribution in [2.24, 2.45) is 0 Å². The van der Waals surface area contributed by atoms with Gasteiger partial charge in [-0.25, -0.2) is 9.59 Å². The summed E-state index contributed by atoms with van der Waals surface area (Å²) in [6, 6.07) is 7.44. The Hall–Kier alpha value is -3.29. The van der Waals surface area contributed by atoms with E-state index in [1.165, 1.54) is 4.90 Å². The molecule has 0 bridgehead atoms. The van der Waals surface area contributed by atoms with Gasteiger partial charge in [0.15, 0.2) is 6.61 Å². The van der Waals surface area contributed by atoms with E-state index in [4.69, 9.17) is 14.2 Å². The average Bonchev–Trinajstić information content (AvgIpc) is 3.02. The van der Waals surface area contributed by atoms with E-state index in [2.05, 4.69) is 4.98 Å². The summed E-state index contributed by atoms with van der Waals surface area (Å²) in [5, 5.41) is 0. The summed E-state index contributed by atoms with van der Waals surface area (Å²) in [6.45, 7) is 7.70. The van der Waals surface area contributed by atoms with Crippen molar-refractivity contribution >= 4 is 17.8 Å². The number of benzene rings is 1. The van der Waals surface area contributed by atoms with Crippen LogP contribution in [0.1, 0.15) is 51.5 Å². The minimum absolute atomic E-state index is 0.209. The van der Waals surface area contributed by atoms with Gasteiger partial charge in [-0.1, -0.05) is 12.1 Å². The van der Waals surface area contributed by atoms with E-state index < -0.39 is 18.5 Å². The molecule has 30 heavy (non-hydrogen) atoms. The van der Waals surface area contributed by atoms with Crippen LogP contribution in [-0.4, -0.2) is 54.6 Å². The van der Waals surface area contributed by atoms with Gasteiger partial charge in [-0.05, 0) is 51.0 Å². The molecule has 1 heterocycles. The van der Waals surface area contributed by atoms with Crippen LogP contribution in [0.25, 0.3) is 0 Å². The second kappa shape index (κ2) is 10.5. The minimum atomic E-state index is -0.667. The number of H-pyrrole nitrogens is 1. The van der Waals surface area contributed by atoms with E-state index in [0.29, 0.717) is 24.4 Å². The highest BCUT2D eigenvalue weighted by atomic mass is 16.5. The Morgan fingerprint density at radius 3 is 2.23 bits per heavy atom.